The molecule has 3 rings (SSSR count). The van der Waals surface area contributed by atoms with Gasteiger partial charge in [0.05, 0.1) is 21.4 Å². The third kappa shape index (κ3) is 3.51. The minimum Gasteiger partial charge on any atom is -0.383 e. The Morgan fingerprint density at radius 3 is 2.90 bits per heavy atom. The summed E-state index contributed by atoms with van der Waals surface area (Å²) in [4.78, 5) is 6.10. The van der Waals surface area contributed by atoms with Crippen LogP contribution in [0.4, 0.5) is 0 Å². The lowest BCUT2D eigenvalue weighted by Gasteiger charge is -2.07. The summed E-state index contributed by atoms with van der Waals surface area (Å²) >= 11 is 7.05. The molecule has 0 atom stereocenters. The number of rotatable bonds is 6. The van der Waals surface area contributed by atoms with E-state index in [1.54, 1.807) is 30.2 Å². The number of ether oxygens (including phenoxy) is 1. The number of thioether (sulfide) groups is 1. The maximum absolute atomic E-state index is 5.22. The van der Waals surface area contributed by atoms with Gasteiger partial charge in [0.2, 0.25) is 0 Å². The van der Waals surface area contributed by atoms with E-state index >= 15 is 0 Å². The van der Waals surface area contributed by atoms with Gasteiger partial charge in [0.15, 0.2) is 5.16 Å². The molecule has 0 radical (unpaired) electrons. The van der Waals surface area contributed by atoms with Gasteiger partial charge in [-0.05, 0) is 40.2 Å². The Kier molecular flexibility index (Phi) is 5.00. The number of fused-ring (bicyclic) bond motifs is 1. The van der Waals surface area contributed by atoms with Crippen LogP contribution in [0.1, 0.15) is 4.88 Å². The first-order chi connectivity index (χ1) is 10.3. The Morgan fingerprint density at radius 2 is 2.14 bits per heavy atom. The minimum absolute atomic E-state index is 0.693. The lowest BCUT2D eigenvalue weighted by Crippen LogP contribution is -2.05. The van der Waals surface area contributed by atoms with E-state index in [1.807, 2.05) is 6.07 Å². The zero-order chi connectivity index (χ0) is 14.7. The molecule has 0 bridgehead atoms. The molecule has 110 valence electrons. The number of halogens is 1. The third-order valence-corrected chi connectivity index (χ3v) is 5.94. The van der Waals surface area contributed by atoms with Gasteiger partial charge in [-0.15, -0.1) is 11.3 Å². The first kappa shape index (κ1) is 15.1. The molecule has 0 amide bonds. The zero-order valence-corrected chi connectivity index (χ0v) is 14.8. The molecule has 3 aromatic rings. The number of hydrogen-bond donors (Lipinski definition) is 0. The molecule has 3 nitrogen and oxygen atoms in total. The molecule has 1 aromatic carbocycles. The molecule has 2 aromatic heterocycles. The summed E-state index contributed by atoms with van der Waals surface area (Å²) in [6, 6.07) is 12.5. The van der Waals surface area contributed by atoms with Crippen molar-refractivity contribution < 1.29 is 4.74 Å². The molecule has 0 aliphatic rings. The van der Waals surface area contributed by atoms with Crippen LogP contribution < -0.4 is 0 Å². The lowest BCUT2D eigenvalue weighted by atomic mass is 10.3. The highest BCUT2D eigenvalue weighted by molar-refractivity contribution is 9.11. The standard InChI is InChI=1S/C15H15BrN2OS2/c1-19-9-8-18-13-5-3-2-4-12(13)17-15(18)20-10-11-6-7-14(16)21-11/h2-7H,8-10H2,1H3. The van der Waals surface area contributed by atoms with E-state index in [-0.39, 0.29) is 0 Å². The van der Waals surface area contributed by atoms with Gasteiger partial charge in [0, 0.05) is 24.3 Å². The molecule has 0 fully saturated rings. The van der Waals surface area contributed by atoms with Gasteiger partial charge in [-0.1, -0.05) is 23.9 Å². The molecule has 0 aliphatic heterocycles. The Balaban J connectivity index is 1.85. The first-order valence-corrected chi connectivity index (χ1v) is 9.18. The van der Waals surface area contributed by atoms with Crippen LogP contribution in [0, 0.1) is 0 Å². The zero-order valence-electron chi connectivity index (χ0n) is 11.6. The molecule has 0 unspecified atom stereocenters. The van der Waals surface area contributed by atoms with Crippen molar-refractivity contribution in [3.05, 3.63) is 45.1 Å². The highest BCUT2D eigenvalue weighted by Gasteiger charge is 2.11. The fourth-order valence-corrected chi connectivity index (χ4v) is 4.69. The Hall–Kier alpha value is -0.820. The van der Waals surface area contributed by atoms with E-state index in [1.165, 1.54) is 14.2 Å². The van der Waals surface area contributed by atoms with Gasteiger partial charge in [-0.25, -0.2) is 4.98 Å². The molecular weight excluding hydrogens is 368 g/mol. The maximum atomic E-state index is 5.22. The van der Waals surface area contributed by atoms with Gasteiger partial charge < -0.3 is 9.30 Å². The van der Waals surface area contributed by atoms with Crippen molar-refractivity contribution in [2.24, 2.45) is 0 Å². The van der Waals surface area contributed by atoms with E-state index in [9.17, 15) is 0 Å². The minimum atomic E-state index is 0.693. The molecule has 0 aliphatic carbocycles. The van der Waals surface area contributed by atoms with Crippen molar-refractivity contribution >= 4 is 50.1 Å². The average molecular weight is 383 g/mol. The normalized spacial score (nSPS) is 11.3. The largest absolute Gasteiger partial charge is 0.383 e. The van der Waals surface area contributed by atoms with E-state index in [0.29, 0.717) is 6.61 Å². The number of methoxy groups -OCH3 is 1. The van der Waals surface area contributed by atoms with Crippen LogP contribution in [0.3, 0.4) is 0 Å². The number of aromatic nitrogens is 2. The first-order valence-electron chi connectivity index (χ1n) is 6.59. The van der Waals surface area contributed by atoms with Gasteiger partial charge >= 0.3 is 0 Å². The predicted molar refractivity (Wildman–Crippen MR) is 93.2 cm³/mol. The summed E-state index contributed by atoms with van der Waals surface area (Å²) in [6.07, 6.45) is 0. The van der Waals surface area contributed by atoms with Gasteiger partial charge in [-0.2, -0.15) is 0 Å². The van der Waals surface area contributed by atoms with Crippen molar-refractivity contribution in [1.29, 1.82) is 0 Å². The molecule has 2 heterocycles. The fourth-order valence-electron chi connectivity index (χ4n) is 2.13. The quantitative estimate of drug-likeness (QED) is 0.572. The SMILES string of the molecule is COCCn1c(SCc2ccc(Br)s2)nc2ccccc21. The Bertz CT molecular complexity index is 738. The van der Waals surface area contributed by atoms with Crippen LogP contribution in [0.25, 0.3) is 11.0 Å². The molecule has 21 heavy (non-hydrogen) atoms. The second-order valence-electron chi connectivity index (χ2n) is 4.52. The number of hydrogen-bond acceptors (Lipinski definition) is 4. The Morgan fingerprint density at radius 1 is 1.29 bits per heavy atom. The van der Waals surface area contributed by atoms with Crippen LogP contribution in [0.15, 0.2) is 45.3 Å². The predicted octanol–water partition coefficient (Wildman–Crippen LogP) is 4.80. The highest BCUT2D eigenvalue weighted by Crippen LogP contribution is 2.30. The summed E-state index contributed by atoms with van der Waals surface area (Å²) in [5.41, 5.74) is 2.22. The van der Waals surface area contributed by atoms with Crippen molar-refractivity contribution in [1.82, 2.24) is 9.55 Å². The summed E-state index contributed by atoms with van der Waals surface area (Å²) < 4.78 is 8.64. The second kappa shape index (κ2) is 6.96. The van der Waals surface area contributed by atoms with Crippen LogP contribution in [0.5, 0.6) is 0 Å². The van der Waals surface area contributed by atoms with E-state index in [2.05, 4.69) is 50.8 Å². The monoisotopic (exact) mass is 382 g/mol. The topological polar surface area (TPSA) is 27.1 Å². The van der Waals surface area contributed by atoms with Crippen LogP contribution >= 0.6 is 39.0 Å². The summed E-state index contributed by atoms with van der Waals surface area (Å²) in [6.45, 7) is 1.52. The molecule has 0 saturated heterocycles. The number of para-hydroxylation sites is 2. The number of imidazole rings is 1. The van der Waals surface area contributed by atoms with Gasteiger partial charge in [0.25, 0.3) is 0 Å². The second-order valence-corrected chi connectivity index (χ2v) is 8.01. The van der Waals surface area contributed by atoms with Gasteiger partial charge in [0.1, 0.15) is 0 Å². The third-order valence-electron chi connectivity index (χ3n) is 3.11. The van der Waals surface area contributed by atoms with Crippen molar-refractivity contribution in [2.45, 2.75) is 17.5 Å². The van der Waals surface area contributed by atoms with Crippen molar-refractivity contribution in [2.75, 3.05) is 13.7 Å². The van der Waals surface area contributed by atoms with E-state index in [4.69, 9.17) is 9.72 Å². The number of benzene rings is 1. The maximum Gasteiger partial charge on any atom is 0.169 e. The molecule has 0 N–H and O–H groups in total. The van der Waals surface area contributed by atoms with Crippen molar-refractivity contribution in [3.8, 4) is 0 Å². The smallest absolute Gasteiger partial charge is 0.169 e. The highest BCUT2D eigenvalue weighted by atomic mass is 79.9. The van der Waals surface area contributed by atoms with E-state index < -0.39 is 0 Å². The summed E-state index contributed by atoms with van der Waals surface area (Å²) in [7, 11) is 1.73. The molecule has 0 saturated carbocycles. The number of nitrogens with zero attached hydrogens (tertiary/aromatic N) is 2. The fraction of sp³-hybridized carbons (Fsp3) is 0.267. The summed E-state index contributed by atoms with van der Waals surface area (Å²) in [5, 5.41) is 1.05. The number of thiophene rings is 1. The van der Waals surface area contributed by atoms with E-state index in [0.717, 1.165) is 23.0 Å². The van der Waals surface area contributed by atoms with Crippen molar-refractivity contribution in [3.63, 3.8) is 0 Å². The van der Waals surface area contributed by atoms with Crippen LogP contribution in [0.2, 0.25) is 0 Å². The lowest BCUT2D eigenvalue weighted by molar-refractivity contribution is 0.186. The molecular formula is C15H15BrN2OS2. The van der Waals surface area contributed by atoms with Gasteiger partial charge in [-0.3, -0.25) is 0 Å². The average Bonchev–Trinajstić information content (AvgIpc) is 3.06. The van der Waals surface area contributed by atoms with Crippen LogP contribution in [-0.2, 0) is 17.0 Å². The Labute approximate surface area is 140 Å². The molecule has 6 heteroatoms. The molecule has 0 spiro atoms. The van der Waals surface area contributed by atoms with Crippen LogP contribution in [-0.4, -0.2) is 23.3 Å². The summed E-state index contributed by atoms with van der Waals surface area (Å²) in [5.74, 6) is 0.937.